The monoisotopic (exact) mass is 389 g/mol. The highest BCUT2D eigenvalue weighted by Gasteiger charge is 2.20. The summed E-state index contributed by atoms with van der Waals surface area (Å²) in [6.07, 6.45) is 11.4. The van der Waals surface area contributed by atoms with Gasteiger partial charge >= 0.3 is 0 Å². The first-order chi connectivity index (χ1) is 13.7. The van der Waals surface area contributed by atoms with Crippen LogP contribution in [0.3, 0.4) is 0 Å². The van der Waals surface area contributed by atoms with Crippen LogP contribution < -0.4 is 10.1 Å². The van der Waals surface area contributed by atoms with E-state index in [1.54, 1.807) is 6.20 Å². The van der Waals surface area contributed by atoms with Crippen LogP contribution in [0.15, 0.2) is 18.6 Å². The molecule has 4 rings (SSSR count). The molecule has 3 heterocycles. The van der Waals surface area contributed by atoms with E-state index < -0.39 is 5.82 Å². The maximum Gasteiger partial charge on any atom is 0.255 e. The van der Waals surface area contributed by atoms with E-state index in [0.717, 1.165) is 56.7 Å². The smallest absolute Gasteiger partial charge is 0.255 e. The standard InChI is InChI=1S/C20H28FN5O2/c1-14-2-4-15(5-3-14)13-28-19-18(21)11-22-20(25-19)24-16-10-23-26(12-16)17-6-8-27-9-7-17/h10-12,14-15,17H,2-9,13H2,1H3,(H,22,24,25)/t14-,15-. The van der Waals surface area contributed by atoms with Crippen LogP contribution in [-0.4, -0.2) is 39.6 Å². The van der Waals surface area contributed by atoms with Gasteiger partial charge in [0.25, 0.3) is 5.88 Å². The molecular formula is C20H28FN5O2. The van der Waals surface area contributed by atoms with Crippen LogP contribution in [0.2, 0.25) is 0 Å². The number of nitrogens with zero attached hydrogens (tertiary/aromatic N) is 4. The van der Waals surface area contributed by atoms with Crippen molar-refractivity contribution in [2.75, 3.05) is 25.1 Å². The highest BCUT2D eigenvalue weighted by molar-refractivity contribution is 5.50. The van der Waals surface area contributed by atoms with E-state index in [-0.39, 0.29) is 5.88 Å². The zero-order valence-electron chi connectivity index (χ0n) is 16.3. The Balaban J connectivity index is 1.36. The quantitative estimate of drug-likeness (QED) is 0.801. The predicted molar refractivity (Wildman–Crippen MR) is 103 cm³/mol. The maximum atomic E-state index is 14.1. The van der Waals surface area contributed by atoms with Crippen LogP contribution in [0.5, 0.6) is 5.88 Å². The summed E-state index contributed by atoms with van der Waals surface area (Å²) < 4.78 is 27.1. The number of rotatable bonds is 6. The van der Waals surface area contributed by atoms with Crippen LogP contribution in [0.1, 0.15) is 51.5 Å². The van der Waals surface area contributed by atoms with Crippen LogP contribution in [0, 0.1) is 17.7 Å². The number of halogens is 1. The third kappa shape index (κ3) is 4.79. The van der Waals surface area contributed by atoms with Crippen LogP contribution in [0.4, 0.5) is 16.0 Å². The first kappa shape index (κ1) is 19.1. The van der Waals surface area contributed by atoms with Gasteiger partial charge in [0.2, 0.25) is 11.8 Å². The lowest BCUT2D eigenvalue weighted by Gasteiger charge is -2.25. The fourth-order valence-corrected chi connectivity index (χ4v) is 3.89. The van der Waals surface area contributed by atoms with Crippen LogP contribution in [-0.2, 0) is 4.74 Å². The summed E-state index contributed by atoms with van der Waals surface area (Å²) in [4.78, 5) is 8.24. The summed E-state index contributed by atoms with van der Waals surface area (Å²) in [5.74, 6) is 1.03. The van der Waals surface area contributed by atoms with E-state index >= 15 is 0 Å². The van der Waals surface area contributed by atoms with Gasteiger partial charge in [-0.25, -0.2) is 4.98 Å². The van der Waals surface area contributed by atoms with Gasteiger partial charge in [-0.3, -0.25) is 4.68 Å². The zero-order chi connectivity index (χ0) is 19.3. The van der Waals surface area contributed by atoms with Crippen molar-refractivity contribution in [1.82, 2.24) is 19.7 Å². The Morgan fingerprint density at radius 3 is 2.75 bits per heavy atom. The summed E-state index contributed by atoms with van der Waals surface area (Å²) in [6.45, 7) is 4.30. The Bertz CT molecular complexity index is 770. The van der Waals surface area contributed by atoms with Crippen molar-refractivity contribution in [2.24, 2.45) is 11.8 Å². The van der Waals surface area contributed by atoms with Crippen molar-refractivity contribution >= 4 is 11.6 Å². The molecule has 0 unspecified atom stereocenters. The Morgan fingerprint density at radius 2 is 1.96 bits per heavy atom. The van der Waals surface area contributed by atoms with Crippen molar-refractivity contribution in [3.05, 3.63) is 24.4 Å². The van der Waals surface area contributed by atoms with Gasteiger partial charge in [0, 0.05) is 19.4 Å². The Labute approximate surface area is 164 Å². The molecule has 8 heteroatoms. The number of hydrogen-bond donors (Lipinski definition) is 1. The van der Waals surface area contributed by atoms with Gasteiger partial charge < -0.3 is 14.8 Å². The van der Waals surface area contributed by atoms with Crippen molar-refractivity contribution in [2.45, 2.75) is 51.5 Å². The first-order valence-electron chi connectivity index (χ1n) is 10.2. The van der Waals surface area contributed by atoms with Gasteiger partial charge in [-0.2, -0.15) is 14.5 Å². The lowest BCUT2D eigenvalue weighted by Crippen LogP contribution is -2.19. The van der Waals surface area contributed by atoms with E-state index in [4.69, 9.17) is 9.47 Å². The molecule has 1 aliphatic carbocycles. The Morgan fingerprint density at radius 1 is 1.18 bits per heavy atom. The largest absolute Gasteiger partial charge is 0.475 e. The van der Waals surface area contributed by atoms with Gasteiger partial charge in [-0.1, -0.05) is 19.8 Å². The molecule has 0 amide bonds. The fraction of sp³-hybridized carbons (Fsp3) is 0.650. The lowest BCUT2D eigenvalue weighted by atomic mass is 9.83. The second kappa shape index (κ2) is 8.86. The second-order valence-electron chi connectivity index (χ2n) is 7.96. The summed E-state index contributed by atoms with van der Waals surface area (Å²) in [7, 11) is 0. The van der Waals surface area contributed by atoms with Gasteiger partial charge in [0.05, 0.1) is 30.7 Å². The predicted octanol–water partition coefficient (Wildman–Crippen LogP) is 4.11. The van der Waals surface area contributed by atoms with Crippen LogP contribution in [0.25, 0.3) is 0 Å². The van der Waals surface area contributed by atoms with Gasteiger partial charge in [-0.05, 0) is 37.5 Å². The molecule has 0 spiro atoms. The highest BCUT2D eigenvalue weighted by atomic mass is 19.1. The molecule has 1 aliphatic heterocycles. The molecule has 0 aromatic carbocycles. The lowest BCUT2D eigenvalue weighted by molar-refractivity contribution is 0.0662. The van der Waals surface area contributed by atoms with E-state index in [2.05, 4.69) is 27.3 Å². The normalized spacial score (nSPS) is 23.5. The molecule has 2 aromatic heterocycles. The summed E-state index contributed by atoms with van der Waals surface area (Å²) in [5, 5.41) is 7.51. The molecule has 1 N–H and O–H groups in total. The van der Waals surface area contributed by atoms with Gasteiger partial charge in [0.15, 0.2) is 0 Å². The van der Waals surface area contributed by atoms with E-state index in [1.165, 1.54) is 12.8 Å². The summed E-state index contributed by atoms with van der Waals surface area (Å²) in [5.41, 5.74) is 0.769. The molecule has 2 fully saturated rings. The Kier molecular flexibility index (Phi) is 6.04. The molecular weight excluding hydrogens is 361 g/mol. The third-order valence-electron chi connectivity index (χ3n) is 5.73. The number of hydrogen-bond acceptors (Lipinski definition) is 6. The van der Waals surface area contributed by atoms with Crippen molar-refractivity contribution < 1.29 is 13.9 Å². The van der Waals surface area contributed by atoms with E-state index in [0.29, 0.717) is 24.5 Å². The maximum absolute atomic E-state index is 14.1. The molecule has 28 heavy (non-hydrogen) atoms. The summed E-state index contributed by atoms with van der Waals surface area (Å²) in [6, 6.07) is 0.343. The fourth-order valence-electron chi connectivity index (χ4n) is 3.89. The average Bonchev–Trinajstić information content (AvgIpc) is 3.19. The molecule has 0 radical (unpaired) electrons. The molecule has 0 atom stereocenters. The number of ether oxygens (including phenoxy) is 2. The molecule has 152 valence electrons. The minimum absolute atomic E-state index is 0.00735. The highest BCUT2D eigenvalue weighted by Crippen LogP contribution is 2.29. The van der Waals surface area contributed by atoms with Crippen molar-refractivity contribution in [1.29, 1.82) is 0 Å². The number of nitrogens with one attached hydrogen (secondary N) is 1. The molecule has 1 saturated heterocycles. The van der Waals surface area contributed by atoms with Crippen molar-refractivity contribution in [3.63, 3.8) is 0 Å². The SMILES string of the molecule is C[C@H]1CC[C@H](COc2nc(Nc3cnn(C4CCOCC4)c3)ncc2F)CC1. The molecule has 0 bridgehead atoms. The van der Waals surface area contributed by atoms with E-state index in [9.17, 15) is 4.39 Å². The van der Waals surface area contributed by atoms with Crippen LogP contribution >= 0.6 is 0 Å². The molecule has 7 nitrogen and oxygen atoms in total. The van der Waals surface area contributed by atoms with Gasteiger partial charge in [0.1, 0.15) is 0 Å². The number of aromatic nitrogens is 4. The topological polar surface area (TPSA) is 74.1 Å². The number of anilines is 2. The summed E-state index contributed by atoms with van der Waals surface area (Å²) >= 11 is 0. The minimum atomic E-state index is -0.535. The van der Waals surface area contributed by atoms with E-state index in [1.807, 2.05) is 10.9 Å². The minimum Gasteiger partial charge on any atom is -0.475 e. The second-order valence-corrected chi connectivity index (χ2v) is 7.96. The first-order valence-corrected chi connectivity index (χ1v) is 10.2. The third-order valence-corrected chi connectivity index (χ3v) is 5.73. The zero-order valence-corrected chi connectivity index (χ0v) is 16.3. The average molecular weight is 389 g/mol. The Hall–Kier alpha value is -2.22. The molecule has 1 saturated carbocycles. The van der Waals surface area contributed by atoms with Gasteiger partial charge in [-0.15, -0.1) is 0 Å². The molecule has 2 aromatic rings. The molecule has 2 aliphatic rings. The van der Waals surface area contributed by atoms with Crippen molar-refractivity contribution in [3.8, 4) is 5.88 Å².